The maximum Gasteiger partial charge on any atom is 0.141 e. The van der Waals surface area contributed by atoms with Gasteiger partial charge in [0.15, 0.2) is 0 Å². The lowest BCUT2D eigenvalue weighted by Gasteiger charge is -2.14. The van der Waals surface area contributed by atoms with Crippen LogP contribution in [0.25, 0.3) is 22.6 Å². The zero-order valence-corrected chi connectivity index (χ0v) is 17.2. The smallest absolute Gasteiger partial charge is 0.141 e. The van der Waals surface area contributed by atoms with Crippen molar-refractivity contribution < 1.29 is 9.13 Å². The molecule has 28 heavy (non-hydrogen) atoms. The maximum atomic E-state index is 13.4. The van der Waals surface area contributed by atoms with Crippen LogP contribution in [0.15, 0.2) is 30.3 Å². The third kappa shape index (κ3) is 3.66. The Morgan fingerprint density at radius 1 is 1.07 bits per heavy atom. The van der Waals surface area contributed by atoms with Gasteiger partial charge in [0.1, 0.15) is 18.6 Å². The van der Waals surface area contributed by atoms with E-state index < -0.39 is 12.8 Å². The highest BCUT2D eigenvalue weighted by atomic mass is 35.5. The summed E-state index contributed by atoms with van der Waals surface area (Å²) in [6.45, 7) is 4.25. The maximum absolute atomic E-state index is 13.4. The third-order valence-corrected chi connectivity index (χ3v) is 5.60. The largest absolute Gasteiger partial charge is 0.373 e. The van der Waals surface area contributed by atoms with E-state index in [0.717, 1.165) is 39.7 Å². The number of imidazole rings is 1. The first kappa shape index (κ1) is 19.4. The van der Waals surface area contributed by atoms with Crippen LogP contribution < -0.4 is 0 Å². The molecule has 146 valence electrons. The highest BCUT2D eigenvalue weighted by molar-refractivity contribution is 6.42. The minimum Gasteiger partial charge on any atom is -0.373 e. The second-order valence-electron chi connectivity index (χ2n) is 7.01. The van der Waals surface area contributed by atoms with E-state index >= 15 is 0 Å². The molecule has 1 aromatic carbocycles. The fourth-order valence-corrected chi connectivity index (χ4v) is 3.96. The Balaban J connectivity index is 1.93. The van der Waals surface area contributed by atoms with Crippen LogP contribution in [0.1, 0.15) is 17.1 Å². The van der Waals surface area contributed by atoms with E-state index in [1.165, 1.54) is 0 Å². The van der Waals surface area contributed by atoms with Crippen LogP contribution in [0, 0.1) is 13.8 Å². The SMILES string of the molecule is Cc1cc(-c2nc(-c3ccc(Cl)c(Cl)c3)n3c2CCOC(CF)C3)cc(C)n1. The molecule has 3 aromatic rings. The summed E-state index contributed by atoms with van der Waals surface area (Å²) in [5.41, 5.74) is 5.60. The van der Waals surface area contributed by atoms with Gasteiger partial charge in [0.05, 0.1) is 28.9 Å². The molecule has 4 rings (SSSR count). The molecule has 0 saturated heterocycles. The lowest BCUT2D eigenvalue weighted by molar-refractivity contribution is 0.0355. The summed E-state index contributed by atoms with van der Waals surface area (Å²) in [6.07, 6.45) is 0.159. The minimum atomic E-state index is -0.540. The van der Waals surface area contributed by atoms with E-state index in [9.17, 15) is 4.39 Å². The van der Waals surface area contributed by atoms with Gasteiger partial charge in [-0.2, -0.15) is 0 Å². The van der Waals surface area contributed by atoms with Crippen LogP contribution in [0.2, 0.25) is 10.0 Å². The first-order chi connectivity index (χ1) is 13.5. The fraction of sp³-hybridized carbons (Fsp3) is 0.333. The van der Waals surface area contributed by atoms with Crippen molar-refractivity contribution in [3.63, 3.8) is 0 Å². The van der Waals surface area contributed by atoms with Gasteiger partial charge in [0.2, 0.25) is 0 Å². The number of hydrogen-bond acceptors (Lipinski definition) is 3. The number of rotatable bonds is 3. The Hall–Kier alpha value is -1.95. The Morgan fingerprint density at radius 3 is 2.50 bits per heavy atom. The van der Waals surface area contributed by atoms with Gasteiger partial charge in [-0.15, -0.1) is 0 Å². The van der Waals surface area contributed by atoms with Gasteiger partial charge in [-0.25, -0.2) is 9.37 Å². The summed E-state index contributed by atoms with van der Waals surface area (Å²) in [5.74, 6) is 0.736. The van der Waals surface area contributed by atoms with Crippen molar-refractivity contribution in [1.82, 2.24) is 14.5 Å². The van der Waals surface area contributed by atoms with Crippen LogP contribution in [0.4, 0.5) is 4.39 Å². The standard InChI is InChI=1S/C21H20Cl2FN3O/c1-12-7-15(8-13(2)25-12)20-19-5-6-28-16(10-24)11-27(19)21(26-20)14-3-4-17(22)18(23)9-14/h3-4,7-9,16H,5-6,10-11H2,1-2H3. The number of ether oxygens (including phenoxy) is 1. The minimum absolute atomic E-state index is 0.400. The number of aromatic nitrogens is 3. The van der Waals surface area contributed by atoms with Gasteiger partial charge >= 0.3 is 0 Å². The predicted molar refractivity (Wildman–Crippen MR) is 110 cm³/mol. The van der Waals surface area contributed by atoms with Crippen LogP contribution in [0.3, 0.4) is 0 Å². The first-order valence-corrected chi connectivity index (χ1v) is 9.90. The van der Waals surface area contributed by atoms with E-state index in [-0.39, 0.29) is 0 Å². The molecule has 0 N–H and O–H groups in total. The Kier molecular flexibility index (Phi) is 5.41. The van der Waals surface area contributed by atoms with Crippen LogP contribution >= 0.6 is 23.2 Å². The Labute approximate surface area is 173 Å². The number of fused-ring (bicyclic) bond motifs is 1. The summed E-state index contributed by atoms with van der Waals surface area (Å²) in [7, 11) is 0. The predicted octanol–water partition coefficient (Wildman–Crippen LogP) is 5.45. The van der Waals surface area contributed by atoms with E-state index in [1.807, 2.05) is 32.0 Å². The van der Waals surface area contributed by atoms with E-state index in [0.29, 0.717) is 29.6 Å². The van der Waals surface area contributed by atoms with Crippen molar-refractivity contribution in [3.05, 3.63) is 57.5 Å². The molecular formula is C21H20Cl2FN3O. The van der Waals surface area contributed by atoms with Gasteiger partial charge in [-0.1, -0.05) is 23.2 Å². The molecule has 1 aliphatic heterocycles. The van der Waals surface area contributed by atoms with Crippen molar-refractivity contribution in [2.45, 2.75) is 32.9 Å². The second kappa shape index (κ2) is 7.82. The Bertz CT molecular complexity index is 1010. The summed E-state index contributed by atoms with van der Waals surface area (Å²) in [6, 6.07) is 9.47. The van der Waals surface area contributed by atoms with Crippen LogP contribution in [0.5, 0.6) is 0 Å². The summed E-state index contributed by atoms with van der Waals surface area (Å²) in [5, 5.41) is 0.944. The highest BCUT2D eigenvalue weighted by Gasteiger charge is 2.25. The van der Waals surface area contributed by atoms with Gasteiger partial charge in [-0.05, 0) is 44.2 Å². The molecule has 2 aromatic heterocycles. The summed E-state index contributed by atoms with van der Waals surface area (Å²) in [4.78, 5) is 9.41. The number of alkyl halides is 1. The lowest BCUT2D eigenvalue weighted by atomic mass is 10.1. The second-order valence-corrected chi connectivity index (χ2v) is 7.82. The first-order valence-electron chi connectivity index (χ1n) is 9.14. The van der Waals surface area contributed by atoms with Gasteiger partial charge in [-0.3, -0.25) is 4.98 Å². The topological polar surface area (TPSA) is 39.9 Å². The zero-order valence-electron chi connectivity index (χ0n) is 15.7. The zero-order chi connectivity index (χ0) is 19.8. The van der Waals surface area contributed by atoms with E-state index in [1.54, 1.807) is 12.1 Å². The Morgan fingerprint density at radius 2 is 1.82 bits per heavy atom. The van der Waals surface area contributed by atoms with Crippen LogP contribution in [-0.2, 0) is 17.7 Å². The van der Waals surface area contributed by atoms with E-state index in [4.69, 9.17) is 32.9 Å². The van der Waals surface area contributed by atoms with Gasteiger partial charge < -0.3 is 9.30 Å². The third-order valence-electron chi connectivity index (χ3n) is 4.86. The van der Waals surface area contributed by atoms with Crippen molar-refractivity contribution in [1.29, 1.82) is 0 Å². The molecule has 1 atom stereocenters. The molecule has 3 heterocycles. The summed E-state index contributed by atoms with van der Waals surface area (Å²) < 4.78 is 21.2. The van der Waals surface area contributed by atoms with E-state index in [2.05, 4.69) is 9.55 Å². The van der Waals surface area contributed by atoms with Crippen LogP contribution in [-0.4, -0.2) is 33.9 Å². The molecule has 1 unspecified atom stereocenters. The summed E-state index contributed by atoms with van der Waals surface area (Å²) >= 11 is 12.3. The molecule has 0 bridgehead atoms. The number of aryl methyl sites for hydroxylation is 2. The molecular weight excluding hydrogens is 400 g/mol. The van der Waals surface area contributed by atoms with Crippen molar-refractivity contribution in [2.75, 3.05) is 13.3 Å². The molecule has 1 aliphatic rings. The molecule has 7 heteroatoms. The number of nitrogens with zero attached hydrogens (tertiary/aromatic N) is 3. The molecule has 0 amide bonds. The number of hydrogen-bond donors (Lipinski definition) is 0. The quantitative estimate of drug-likeness (QED) is 0.566. The molecule has 0 spiro atoms. The van der Waals surface area contributed by atoms with Gasteiger partial charge in [0, 0.05) is 34.6 Å². The van der Waals surface area contributed by atoms with Gasteiger partial charge in [0.25, 0.3) is 0 Å². The van der Waals surface area contributed by atoms with Crippen molar-refractivity contribution in [2.24, 2.45) is 0 Å². The molecule has 0 fully saturated rings. The molecule has 4 nitrogen and oxygen atoms in total. The average molecular weight is 420 g/mol. The van der Waals surface area contributed by atoms with Crippen molar-refractivity contribution in [3.8, 4) is 22.6 Å². The number of halogens is 3. The molecule has 0 saturated carbocycles. The molecule has 0 radical (unpaired) electrons. The number of pyridine rings is 1. The average Bonchev–Trinajstić information content (AvgIpc) is 2.87. The van der Waals surface area contributed by atoms with Crippen molar-refractivity contribution >= 4 is 23.2 Å². The fourth-order valence-electron chi connectivity index (χ4n) is 3.67. The highest BCUT2D eigenvalue weighted by Crippen LogP contribution is 2.34. The normalized spacial score (nSPS) is 16.7. The molecule has 0 aliphatic carbocycles. The lowest BCUT2D eigenvalue weighted by Crippen LogP contribution is -2.21. The number of benzene rings is 1. The monoisotopic (exact) mass is 419 g/mol.